The van der Waals surface area contributed by atoms with E-state index in [-0.39, 0.29) is 5.56 Å². The highest BCUT2D eigenvalue weighted by Crippen LogP contribution is 2.29. The molecule has 1 saturated heterocycles. The van der Waals surface area contributed by atoms with Crippen LogP contribution >= 0.6 is 11.3 Å². The van der Waals surface area contributed by atoms with Gasteiger partial charge in [-0.05, 0) is 50.8 Å². The highest BCUT2D eigenvalue weighted by Gasteiger charge is 2.18. The van der Waals surface area contributed by atoms with E-state index in [1.165, 1.54) is 36.1 Å². The Morgan fingerprint density at radius 2 is 1.96 bits per heavy atom. The SMILES string of the molecule is CC[C@@H](C)Cc1c(C)sc2nc(CN3CCCCCC3)[nH]c(=O)c12. The van der Waals surface area contributed by atoms with Crippen molar-refractivity contribution in [3.8, 4) is 0 Å². The average molecular weight is 348 g/mol. The standard InChI is InChI=1S/C19H29N3OS/c1-4-13(2)11-15-14(3)24-19-17(15)18(23)20-16(21-19)12-22-9-7-5-6-8-10-22/h13H,4-12H2,1-3H3,(H,20,21,23)/t13-/m1/s1. The lowest BCUT2D eigenvalue weighted by atomic mass is 9.98. The predicted octanol–water partition coefficient (Wildman–Crippen LogP) is 4.26. The minimum atomic E-state index is 0.0486. The molecular formula is C19H29N3OS. The fourth-order valence-electron chi connectivity index (χ4n) is 3.54. The summed E-state index contributed by atoms with van der Waals surface area (Å²) in [7, 11) is 0. The first-order valence-corrected chi connectivity index (χ1v) is 10.1. The van der Waals surface area contributed by atoms with Crippen LogP contribution in [0.25, 0.3) is 10.2 Å². The van der Waals surface area contributed by atoms with Crippen LogP contribution in [0.4, 0.5) is 0 Å². The quantitative estimate of drug-likeness (QED) is 0.879. The first-order valence-electron chi connectivity index (χ1n) is 9.32. The number of nitrogens with one attached hydrogen (secondary N) is 1. The topological polar surface area (TPSA) is 49.0 Å². The smallest absolute Gasteiger partial charge is 0.259 e. The van der Waals surface area contributed by atoms with Crippen LogP contribution in [0.5, 0.6) is 0 Å². The second kappa shape index (κ2) is 7.79. The molecule has 0 radical (unpaired) electrons. The molecule has 24 heavy (non-hydrogen) atoms. The summed E-state index contributed by atoms with van der Waals surface area (Å²) in [5.41, 5.74) is 1.26. The Labute approximate surface area is 148 Å². The van der Waals surface area contributed by atoms with E-state index in [0.717, 1.165) is 48.5 Å². The van der Waals surface area contributed by atoms with Gasteiger partial charge in [-0.15, -0.1) is 11.3 Å². The second-order valence-corrected chi connectivity index (χ2v) is 8.44. The Kier molecular flexibility index (Phi) is 5.72. The lowest BCUT2D eigenvalue weighted by molar-refractivity contribution is 0.270. The number of hydrogen-bond acceptors (Lipinski definition) is 4. The van der Waals surface area contributed by atoms with E-state index in [4.69, 9.17) is 4.98 Å². The molecule has 0 aromatic carbocycles. The molecule has 2 aromatic heterocycles. The number of aromatic amines is 1. The van der Waals surface area contributed by atoms with E-state index in [2.05, 4.69) is 30.7 Å². The summed E-state index contributed by atoms with van der Waals surface area (Å²) in [6, 6.07) is 0. The molecule has 0 bridgehead atoms. The highest BCUT2D eigenvalue weighted by molar-refractivity contribution is 7.18. The molecule has 0 unspecified atom stereocenters. The van der Waals surface area contributed by atoms with Gasteiger partial charge < -0.3 is 4.98 Å². The van der Waals surface area contributed by atoms with Gasteiger partial charge in [0.2, 0.25) is 0 Å². The van der Waals surface area contributed by atoms with Gasteiger partial charge in [0, 0.05) is 4.88 Å². The summed E-state index contributed by atoms with van der Waals surface area (Å²) >= 11 is 1.68. The molecule has 2 aromatic rings. The average Bonchev–Trinajstić information content (AvgIpc) is 2.73. The Morgan fingerprint density at radius 3 is 2.62 bits per heavy atom. The predicted molar refractivity (Wildman–Crippen MR) is 102 cm³/mol. The van der Waals surface area contributed by atoms with E-state index < -0.39 is 0 Å². The Balaban J connectivity index is 1.89. The van der Waals surface area contributed by atoms with Crippen LogP contribution in [0.15, 0.2) is 4.79 Å². The van der Waals surface area contributed by atoms with Crippen LogP contribution in [-0.4, -0.2) is 28.0 Å². The van der Waals surface area contributed by atoms with E-state index in [1.54, 1.807) is 11.3 Å². The van der Waals surface area contributed by atoms with Crippen LogP contribution in [0.1, 0.15) is 62.2 Å². The van der Waals surface area contributed by atoms with E-state index in [0.29, 0.717) is 5.92 Å². The van der Waals surface area contributed by atoms with E-state index in [1.807, 2.05) is 0 Å². The van der Waals surface area contributed by atoms with Crippen LogP contribution in [0.2, 0.25) is 0 Å². The molecule has 0 saturated carbocycles. The third-order valence-corrected chi connectivity index (χ3v) is 6.27. The summed E-state index contributed by atoms with van der Waals surface area (Å²) in [4.78, 5) is 25.2. The summed E-state index contributed by atoms with van der Waals surface area (Å²) in [6.07, 6.45) is 7.26. The second-order valence-electron chi connectivity index (χ2n) is 7.24. The van der Waals surface area contributed by atoms with Crippen molar-refractivity contribution in [3.63, 3.8) is 0 Å². The maximum Gasteiger partial charge on any atom is 0.259 e. The lowest BCUT2D eigenvalue weighted by Crippen LogP contribution is -2.26. The lowest BCUT2D eigenvalue weighted by Gasteiger charge is -2.18. The Morgan fingerprint density at radius 1 is 1.25 bits per heavy atom. The number of hydrogen-bond donors (Lipinski definition) is 1. The van der Waals surface area contributed by atoms with Gasteiger partial charge in [-0.1, -0.05) is 33.1 Å². The van der Waals surface area contributed by atoms with Crippen LogP contribution < -0.4 is 5.56 Å². The van der Waals surface area contributed by atoms with Gasteiger partial charge in [0.05, 0.1) is 11.9 Å². The van der Waals surface area contributed by atoms with Crippen molar-refractivity contribution in [1.82, 2.24) is 14.9 Å². The maximum atomic E-state index is 12.7. The van der Waals surface area contributed by atoms with Crippen LogP contribution in [0.3, 0.4) is 0 Å². The van der Waals surface area contributed by atoms with Crippen molar-refractivity contribution < 1.29 is 0 Å². The van der Waals surface area contributed by atoms with Crippen molar-refractivity contribution in [2.45, 2.75) is 65.8 Å². The summed E-state index contributed by atoms with van der Waals surface area (Å²) in [5.74, 6) is 1.42. The van der Waals surface area contributed by atoms with Gasteiger partial charge in [-0.2, -0.15) is 0 Å². The van der Waals surface area contributed by atoms with Gasteiger partial charge in [0.25, 0.3) is 5.56 Å². The van der Waals surface area contributed by atoms with Crippen LogP contribution in [0, 0.1) is 12.8 Å². The zero-order valence-electron chi connectivity index (χ0n) is 15.2. The molecule has 1 aliphatic rings. The molecule has 1 aliphatic heterocycles. The van der Waals surface area contributed by atoms with Crippen molar-refractivity contribution >= 4 is 21.6 Å². The third kappa shape index (κ3) is 3.89. The van der Waals surface area contributed by atoms with Gasteiger partial charge in [-0.25, -0.2) is 4.98 Å². The number of aromatic nitrogens is 2. The largest absolute Gasteiger partial charge is 0.309 e. The number of fused-ring (bicyclic) bond motifs is 1. The number of aryl methyl sites for hydroxylation is 1. The number of rotatable bonds is 5. The minimum absolute atomic E-state index is 0.0486. The third-order valence-electron chi connectivity index (χ3n) is 5.23. The molecule has 1 fully saturated rings. The van der Waals surface area contributed by atoms with Crippen molar-refractivity contribution in [2.75, 3.05) is 13.1 Å². The molecule has 132 valence electrons. The van der Waals surface area contributed by atoms with Gasteiger partial charge in [-0.3, -0.25) is 9.69 Å². The zero-order chi connectivity index (χ0) is 17.1. The Bertz CT molecular complexity index is 741. The van der Waals surface area contributed by atoms with Gasteiger partial charge >= 0.3 is 0 Å². The Hall–Kier alpha value is -1.20. The molecule has 5 heteroatoms. The van der Waals surface area contributed by atoms with Crippen molar-refractivity contribution in [2.24, 2.45) is 5.92 Å². The number of thiophene rings is 1. The summed E-state index contributed by atoms with van der Waals surface area (Å²) < 4.78 is 0. The molecule has 0 amide bonds. The van der Waals surface area contributed by atoms with E-state index >= 15 is 0 Å². The molecule has 3 rings (SSSR count). The maximum absolute atomic E-state index is 12.7. The minimum Gasteiger partial charge on any atom is -0.309 e. The molecule has 1 atom stereocenters. The van der Waals surface area contributed by atoms with E-state index in [9.17, 15) is 4.79 Å². The molecule has 0 aliphatic carbocycles. The van der Waals surface area contributed by atoms with Crippen LogP contribution in [-0.2, 0) is 13.0 Å². The first-order chi connectivity index (χ1) is 11.6. The summed E-state index contributed by atoms with van der Waals surface area (Å²) in [6.45, 7) is 9.57. The van der Waals surface area contributed by atoms with Crippen molar-refractivity contribution in [3.05, 3.63) is 26.6 Å². The molecule has 3 heterocycles. The number of nitrogens with zero attached hydrogens (tertiary/aromatic N) is 2. The van der Waals surface area contributed by atoms with Crippen molar-refractivity contribution in [1.29, 1.82) is 0 Å². The zero-order valence-corrected chi connectivity index (χ0v) is 16.0. The fourth-order valence-corrected chi connectivity index (χ4v) is 4.61. The van der Waals surface area contributed by atoms with Gasteiger partial charge in [0.15, 0.2) is 0 Å². The first kappa shape index (κ1) is 17.6. The normalized spacial score (nSPS) is 18.0. The molecular weight excluding hydrogens is 318 g/mol. The number of H-pyrrole nitrogens is 1. The fraction of sp³-hybridized carbons (Fsp3) is 0.684. The highest BCUT2D eigenvalue weighted by atomic mass is 32.1. The molecule has 0 spiro atoms. The van der Waals surface area contributed by atoms with Gasteiger partial charge in [0.1, 0.15) is 10.7 Å². The molecule has 1 N–H and O–H groups in total. The molecule has 4 nitrogen and oxygen atoms in total. The monoisotopic (exact) mass is 347 g/mol. The summed E-state index contributed by atoms with van der Waals surface area (Å²) in [5, 5.41) is 0.831. The number of likely N-dealkylation sites (tertiary alicyclic amines) is 1.